The van der Waals surface area contributed by atoms with E-state index in [1.165, 1.54) is 23.4 Å². The molecule has 0 atom stereocenters. The number of halogens is 1. The van der Waals surface area contributed by atoms with Crippen molar-refractivity contribution in [1.29, 1.82) is 0 Å². The molecule has 0 fully saturated rings. The van der Waals surface area contributed by atoms with Gasteiger partial charge in [0, 0.05) is 12.1 Å². The van der Waals surface area contributed by atoms with Crippen LogP contribution in [0.15, 0.2) is 48.2 Å². The molecule has 0 saturated carbocycles. The first kappa shape index (κ1) is 14.5. The van der Waals surface area contributed by atoms with Crippen LogP contribution in [0, 0.1) is 5.82 Å². The second-order valence-corrected chi connectivity index (χ2v) is 7.01. The van der Waals surface area contributed by atoms with Gasteiger partial charge in [0.05, 0.1) is 35.2 Å². The molecule has 0 saturated heterocycles. The largest absolute Gasteiger partial charge is 0.345 e. The number of nitrogens with zero attached hydrogens (tertiary/aromatic N) is 5. The van der Waals surface area contributed by atoms with Gasteiger partial charge >= 0.3 is 0 Å². The monoisotopic (exact) mass is 351 g/mol. The normalized spacial score (nSPS) is 13.6. The van der Waals surface area contributed by atoms with Crippen LogP contribution in [0.3, 0.4) is 0 Å². The van der Waals surface area contributed by atoms with Crippen LogP contribution in [0.1, 0.15) is 16.8 Å². The number of thiophene rings is 1. The van der Waals surface area contributed by atoms with E-state index in [1.807, 2.05) is 22.3 Å². The molecular weight excluding hydrogens is 337 g/mol. The van der Waals surface area contributed by atoms with Crippen molar-refractivity contribution in [3.8, 4) is 0 Å². The zero-order valence-corrected chi connectivity index (χ0v) is 14.1. The molecule has 5 nitrogen and oxygen atoms in total. The highest BCUT2D eigenvalue weighted by atomic mass is 32.1. The van der Waals surface area contributed by atoms with Crippen LogP contribution in [0.25, 0.3) is 10.2 Å². The summed E-state index contributed by atoms with van der Waals surface area (Å²) >= 11 is 1.67. The molecule has 5 rings (SSSR count). The highest BCUT2D eigenvalue weighted by Crippen LogP contribution is 2.33. The van der Waals surface area contributed by atoms with Crippen molar-refractivity contribution in [3.63, 3.8) is 0 Å². The fourth-order valence-corrected chi connectivity index (χ4v) is 4.12. The molecule has 25 heavy (non-hydrogen) atoms. The van der Waals surface area contributed by atoms with E-state index >= 15 is 0 Å². The highest BCUT2D eigenvalue weighted by Gasteiger charge is 2.26. The van der Waals surface area contributed by atoms with E-state index in [0.29, 0.717) is 6.54 Å². The smallest absolute Gasteiger partial charge is 0.150 e. The van der Waals surface area contributed by atoms with Crippen molar-refractivity contribution >= 4 is 27.4 Å². The number of hydrogen-bond donors (Lipinski definition) is 0. The molecule has 0 aliphatic carbocycles. The van der Waals surface area contributed by atoms with Gasteiger partial charge in [0.2, 0.25) is 0 Å². The number of rotatable bonds is 3. The Bertz CT molecular complexity index is 1050. The lowest BCUT2D eigenvalue weighted by Gasteiger charge is -2.17. The Morgan fingerprint density at radius 2 is 1.96 bits per heavy atom. The number of hydrogen-bond acceptors (Lipinski definition) is 5. The van der Waals surface area contributed by atoms with E-state index in [1.54, 1.807) is 29.8 Å². The van der Waals surface area contributed by atoms with Crippen molar-refractivity contribution in [1.82, 2.24) is 19.7 Å². The lowest BCUT2D eigenvalue weighted by molar-refractivity contribution is 0.620. The minimum atomic E-state index is -0.218. The van der Waals surface area contributed by atoms with Crippen molar-refractivity contribution in [2.45, 2.75) is 19.6 Å². The minimum Gasteiger partial charge on any atom is -0.345 e. The molecular formula is C18H14FN5S. The van der Waals surface area contributed by atoms with Gasteiger partial charge in [-0.3, -0.25) is 4.68 Å². The number of anilines is 1. The van der Waals surface area contributed by atoms with Gasteiger partial charge in [0.1, 0.15) is 12.1 Å². The predicted octanol–water partition coefficient (Wildman–Crippen LogP) is 3.60. The van der Waals surface area contributed by atoms with E-state index in [-0.39, 0.29) is 5.82 Å². The molecule has 0 bridgehead atoms. The van der Waals surface area contributed by atoms with Crippen LogP contribution in [-0.2, 0) is 19.6 Å². The van der Waals surface area contributed by atoms with Gasteiger partial charge < -0.3 is 4.90 Å². The zero-order chi connectivity index (χ0) is 16.8. The SMILES string of the molecule is Fc1ccc(Cn2ncc3c2CN(c2ncnc4ccsc24)C3)cc1. The fourth-order valence-electron chi connectivity index (χ4n) is 3.26. The summed E-state index contributed by atoms with van der Waals surface area (Å²) in [4.78, 5) is 11.1. The topological polar surface area (TPSA) is 46.8 Å². The fraction of sp³-hybridized carbons (Fsp3) is 0.167. The summed E-state index contributed by atoms with van der Waals surface area (Å²) in [5.41, 5.74) is 4.42. The van der Waals surface area contributed by atoms with Gasteiger partial charge in [-0.25, -0.2) is 14.4 Å². The van der Waals surface area contributed by atoms with E-state index in [9.17, 15) is 4.39 Å². The predicted molar refractivity (Wildman–Crippen MR) is 95.0 cm³/mol. The molecule has 1 aromatic carbocycles. The maximum atomic E-state index is 13.1. The van der Waals surface area contributed by atoms with Crippen LogP contribution in [0.2, 0.25) is 0 Å². The van der Waals surface area contributed by atoms with Crippen LogP contribution in [0.4, 0.5) is 10.2 Å². The zero-order valence-electron chi connectivity index (χ0n) is 13.3. The summed E-state index contributed by atoms with van der Waals surface area (Å²) in [6, 6.07) is 8.59. The van der Waals surface area contributed by atoms with Gasteiger partial charge in [0.25, 0.3) is 0 Å². The Kier molecular flexibility index (Phi) is 3.27. The summed E-state index contributed by atoms with van der Waals surface area (Å²) in [6.45, 7) is 2.20. The first-order chi connectivity index (χ1) is 12.3. The van der Waals surface area contributed by atoms with Crippen LogP contribution in [0.5, 0.6) is 0 Å². The standard InChI is InChI=1S/C18H14FN5S/c19-14-3-1-12(2-4-14)8-24-16-10-23(9-13(16)7-22-24)18-17-15(5-6-25-17)20-11-21-18/h1-7,11H,8-10H2. The van der Waals surface area contributed by atoms with E-state index in [2.05, 4.69) is 20.0 Å². The molecule has 0 N–H and O–H groups in total. The number of aromatic nitrogens is 4. The summed E-state index contributed by atoms with van der Waals surface area (Å²) < 4.78 is 16.2. The van der Waals surface area contributed by atoms with Gasteiger partial charge in [-0.05, 0) is 29.1 Å². The first-order valence-electron chi connectivity index (χ1n) is 7.99. The molecule has 4 heterocycles. The second-order valence-electron chi connectivity index (χ2n) is 6.09. The molecule has 0 unspecified atom stereocenters. The van der Waals surface area contributed by atoms with Crippen molar-refractivity contribution in [3.05, 3.63) is 70.9 Å². The molecule has 0 radical (unpaired) electrons. The van der Waals surface area contributed by atoms with Gasteiger partial charge in [-0.2, -0.15) is 5.10 Å². The van der Waals surface area contributed by atoms with E-state index in [4.69, 9.17) is 0 Å². The lowest BCUT2D eigenvalue weighted by atomic mass is 10.2. The Labute approximate surface area is 147 Å². The number of fused-ring (bicyclic) bond motifs is 2. The third-order valence-corrected chi connectivity index (χ3v) is 5.41. The highest BCUT2D eigenvalue weighted by molar-refractivity contribution is 7.17. The van der Waals surface area contributed by atoms with Crippen molar-refractivity contribution in [2.75, 3.05) is 4.90 Å². The van der Waals surface area contributed by atoms with Crippen LogP contribution >= 0.6 is 11.3 Å². The summed E-state index contributed by atoms with van der Waals surface area (Å²) in [7, 11) is 0. The quantitative estimate of drug-likeness (QED) is 0.566. The average Bonchev–Trinajstić information content (AvgIpc) is 3.33. The molecule has 3 aromatic heterocycles. The number of benzene rings is 1. The Hall–Kier alpha value is -2.80. The van der Waals surface area contributed by atoms with Gasteiger partial charge in [-0.15, -0.1) is 11.3 Å². The minimum absolute atomic E-state index is 0.218. The summed E-state index contributed by atoms with van der Waals surface area (Å²) in [5.74, 6) is 0.758. The van der Waals surface area contributed by atoms with Crippen LogP contribution in [-0.4, -0.2) is 19.7 Å². The second kappa shape index (κ2) is 5.63. The maximum Gasteiger partial charge on any atom is 0.150 e. The first-order valence-corrected chi connectivity index (χ1v) is 8.87. The molecule has 1 aliphatic rings. The Morgan fingerprint density at radius 1 is 1.08 bits per heavy atom. The molecule has 0 spiro atoms. The third kappa shape index (κ3) is 2.47. The molecule has 7 heteroatoms. The van der Waals surface area contributed by atoms with Gasteiger partial charge in [0.15, 0.2) is 5.82 Å². The van der Waals surface area contributed by atoms with Gasteiger partial charge in [-0.1, -0.05) is 12.1 Å². The summed E-state index contributed by atoms with van der Waals surface area (Å²) in [5, 5.41) is 6.55. The Balaban J connectivity index is 1.44. The third-order valence-electron chi connectivity index (χ3n) is 4.51. The van der Waals surface area contributed by atoms with Crippen molar-refractivity contribution in [2.24, 2.45) is 0 Å². The average molecular weight is 351 g/mol. The molecule has 1 aliphatic heterocycles. The van der Waals surface area contributed by atoms with E-state index in [0.717, 1.165) is 34.7 Å². The lowest BCUT2D eigenvalue weighted by Crippen LogP contribution is -2.18. The van der Waals surface area contributed by atoms with Crippen LogP contribution < -0.4 is 4.90 Å². The summed E-state index contributed by atoms with van der Waals surface area (Å²) in [6.07, 6.45) is 3.55. The Morgan fingerprint density at radius 3 is 2.84 bits per heavy atom. The van der Waals surface area contributed by atoms with Crippen molar-refractivity contribution < 1.29 is 4.39 Å². The van der Waals surface area contributed by atoms with E-state index < -0.39 is 0 Å². The molecule has 124 valence electrons. The molecule has 0 amide bonds. The maximum absolute atomic E-state index is 13.1. The molecule has 4 aromatic rings.